The summed E-state index contributed by atoms with van der Waals surface area (Å²) in [5, 5.41) is 1.06. The van der Waals surface area contributed by atoms with Crippen LogP contribution in [0.25, 0.3) is 11.0 Å². The Balaban J connectivity index is 1.55. The van der Waals surface area contributed by atoms with Crippen LogP contribution in [0.2, 0.25) is 0 Å². The first-order valence-electron chi connectivity index (χ1n) is 10.5. The van der Waals surface area contributed by atoms with E-state index in [9.17, 15) is 4.79 Å². The number of likely N-dealkylation sites (tertiary alicyclic amines) is 1. The number of carbonyl (C=O) groups excluding carboxylic acids is 1. The number of carbonyl (C=O) groups is 1. The van der Waals surface area contributed by atoms with E-state index in [4.69, 9.17) is 10.5 Å². The van der Waals surface area contributed by atoms with Gasteiger partial charge in [0.15, 0.2) is 0 Å². The van der Waals surface area contributed by atoms with Crippen molar-refractivity contribution in [1.29, 1.82) is 0 Å². The lowest BCUT2D eigenvalue weighted by Crippen LogP contribution is -2.48. The number of aromatic nitrogens is 3. The van der Waals surface area contributed by atoms with Crippen molar-refractivity contribution in [3.8, 4) is 5.88 Å². The summed E-state index contributed by atoms with van der Waals surface area (Å²) in [6.45, 7) is 7.82. The number of hydrogen-bond acceptors (Lipinski definition) is 5. The molecule has 2 N–H and O–H groups in total. The average molecular weight is 386 g/mol. The number of piperidine rings is 1. The zero-order valence-electron chi connectivity index (χ0n) is 17.1. The first-order chi connectivity index (χ1) is 13.5. The molecule has 1 saturated heterocycles. The van der Waals surface area contributed by atoms with Crippen LogP contribution in [0.1, 0.15) is 62.7 Å². The van der Waals surface area contributed by atoms with Gasteiger partial charge in [-0.05, 0) is 52.0 Å². The monoisotopic (exact) mass is 385 g/mol. The third-order valence-electron chi connectivity index (χ3n) is 6.70. The van der Waals surface area contributed by atoms with Crippen LogP contribution in [-0.4, -0.2) is 50.6 Å². The van der Waals surface area contributed by atoms with Gasteiger partial charge in [0.05, 0.1) is 11.4 Å². The zero-order valence-corrected chi connectivity index (χ0v) is 17.1. The number of amides is 1. The fraction of sp³-hybridized carbons (Fsp3) is 0.667. The molecular weight excluding hydrogens is 354 g/mol. The van der Waals surface area contributed by atoms with Crippen molar-refractivity contribution >= 4 is 16.9 Å². The molecule has 28 heavy (non-hydrogen) atoms. The fourth-order valence-corrected chi connectivity index (χ4v) is 4.81. The van der Waals surface area contributed by atoms with E-state index in [1.54, 1.807) is 6.33 Å². The van der Waals surface area contributed by atoms with Gasteiger partial charge in [-0.25, -0.2) is 9.97 Å². The van der Waals surface area contributed by atoms with Gasteiger partial charge in [-0.1, -0.05) is 12.8 Å². The van der Waals surface area contributed by atoms with Crippen LogP contribution in [0.3, 0.4) is 0 Å². The first-order valence-corrected chi connectivity index (χ1v) is 10.5. The molecule has 7 heteroatoms. The third kappa shape index (κ3) is 3.36. The average Bonchev–Trinajstić information content (AvgIpc) is 3.29. The molecule has 152 valence electrons. The minimum atomic E-state index is -0.267. The van der Waals surface area contributed by atoms with E-state index >= 15 is 0 Å². The van der Waals surface area contributed by atoms with E-state index in [1.165, 1.54) is 36.9 Å². The van der Waals surface area contributed by atoms with Crippen LogP contribution in [0, 0.1) is 13.8 Å². The lowest BCUT2D eigenvalue weighted by molar-refractivity contribution is -0.123. The zero-order chi connectivity index (χ0) is 19.8. The highest BCUT2D eigenvalue weighted by atomic mass is 16.5. The van der Waals surface area contributed by atoms with E-state index < -0.39 is 0 Å². The summed E-state index contributed by atoms with van der Waals surface area (Å²) >= 11 is 0. The molecule has 7 nitrogen and oxygen atoms in total. The van der Waals surface area contributed by atoms with Gasteiger partial charge in [-0.15, -0.1) is 0 Å². The van der Waals surface area contributed by atoms with Crippen molar-refractivity contribution < 1.29 is 9.53 Å². The largest absolute Gasteiger partial charge is 0.474 e. The summed E-state index contributed by atoms with van der Waals surface area (Å²) < 4.78 is 8.77. The maximum Gasteiger partial charge on any atom is 0.234 e. The molecule has 2 aliphatic rings. The topological polar surface area (TPSA) is 86.3 Å². The summed E-state index contributed by atoms with van der Waals surface area (Å²) in [7, 11) is 0. The molecule has 2 aromatic rings. The van der Waals surface area contributed by atoms with Crippen LogP contribution in [-0.2, 0) is 4.79 Å². The molecule has 2 fully saturated rings. The van der Waals surface area contributed by atoms with Gasteiger partial charge >= 0.3 is 0 Å². The highest BCUT2D eigenvalue weighted by molar-refractivity contribution is 5.86. The molecular formula is C21H31N5O2. The Kier molecular flexibility index (Phi) is 5.27. The van der Waals surface area contributed by atoms with Gasteiger partial charge in [0, 0.05) is 24.8 Å². The van der Waals surface area contributed by atoms with E-state index in [1.807, 2.05) is 6.92 Å². The summed E-state index contributed by atoms with van der Waals surface area (Å²) in [4.78, 5) is 22.7. The quantitative estimate of drug-likeness (QED) is 0.855. The highest BCUT2D eigenvalue weighted by Crippen LogP contribution is 2.38. The van der Waals surface area contributed by atoms with Gasteiger partial charge in [-0.3, -0.25) is 9.69 Å². The van der Waals surface area contributed by atoms with E-state index in [-0.39, 0.29) is 18.1 Å². The van der Waals surface area contributed by atoms with E-state index in [2.05, 4.69) is 33.3 Å². The molecule has 1 aliphatic carbocycles. The molecule has 1 amide bonds. The Morgan fingerprint density at radius 1 is 1.18 bits per heavy atom. The maximum absolute atomic E-state index is 11.4. The first kappa shape index (κ1) is 19.2. The summed E-state index contributed by atoms with van der Waals surface area (Å²) in [5.74, 6) is 0.431. The molecule has 1 atom stereocenters. The second kappa shape index (κ2) is 7.70. The van der Waals surface area contributed by atoms with E-state index in [0.717, 1.165) is 37.0 Å². The van der Waals surface area contributed by atoms with Crippen molar-refractivity contribution in [2.45, 2.75) is 77.5 Å². The molecule has 3 heterocycles. The molecule has 0 aromatic carbocycles. The van der Waals surface area contributed by atoms with Gasteiger partial charge in [0.2, 0.25) is 11.8 Å². The van der Waals surface area contributed by atoms with Crippen LogP contribution in [0.4, 0.5) is 0 Å². The fourth-order valence-electron chi connectivity index (χ4n) is 4.81. The SMILES string of the molecule is Cc1c(C)n(C2CCCC2)c2ncnc(OC3CCN([C@@H](C)C(N)=O)CC3)c12. The normalized spacial score (nSPS) is 20.7. The predicted octanol–water partition coefficient (Wildman–Crippen LogP) is 2.88. The number of nitrogens with zero attached hydrogens (tertiary/aromatic N) is 4. The molecule has 1 saturated carbocycles. The van der Waals surface area contributed by atoms with Crippen molar-refractivity contribution in [3.05, 3.63) is 17.6 Å². The summed E-state index contributed by atoms with van der Waals surface area (Å²) in [5.41, 5.74) is 8.94. The Morgan fingerprint density at radius 3 is 2.50 bits per heavy atom. The van der Waals surface area contributed by atoms with Crippen molar-refractivity contribution in [2.24, 2.45) is 5.73 Å². The van der Waals surface area contributed by atoms with Gasteiger partial charge in [0.25, 0.3) is 0 Å². The van der Waals surface area contributed by atoms with Crippen molar-refractivity contribution in [1.82, 2.24) is 19.4 Å². The second-order valence-electron chi connectivity index (χ2n) is 8.33. The maximum atomic E-state index is 11.4. The number of aryl methyl sites for hydroxylation is 1. The molecule has 1 aliphatic heterocycles. The minimum absolute atomic E-state index is 0.101. The molecule has 0 unspecified atom stereocenters. The third-order valence-corrected chi connectivity index (χ3v) is 6.70. The highest BCUT2D eigenvalue weighted by Gasteiger charge is 2.29. The van der Waals surface area contributed by atoms with Crippen LogP contribution < -0.4 is 10.5 Å². The molecule has 4 rings (SSSR count). The Labute approximate surface area is 166 Å². The van der Waals surface area contributed by atoms with Crippen molar-refractivity contribution in [3.63, 3.8) is 0 Å². The van der Waals surface area contributed by atoms with Gasteiger partial charge in [-0.2, -0.15) is 0 Å². The molecule has 0 bridgehead atoms. The Morgan fingerprint density at radius 2 is 1.86 bits per heavy atom. The van der Waals surface area contributed by atoms with Gasteiger partial charge < -0.3 is 15.0 Å². The van der Waals surface area contributed by atoms with Crippen LogP contribution >= 0.6 is 0 Å². The number of fused-ring (bicyclic) bond motifs is 1. The Hall–Kier alpha value is -2.15. The van der Waals surface area contributed by atoms with Gasteiger partial charge in [0.1, 0.15) is 18.1 Å². The number of nitrogens with two attached hydrogens (primary N) is 1. The minimum Gasteiger partial charge on any atom is -0.474 e. The summed E-state index contributed by atoms with van der Waals surface area (Å²) in [6.07, 6.45) is 8.49. The number of primary amides is 1. The molecule has 2 aromatic heterocycles. The standard InChI is InChI=1S/C21H31N5O2/c1-13-14(2)26(16-6-4-5-7-16)20-18(13)21(24-12-23-20)28-17-8-10-25(11-9-17)15(3)19(22)27/h12,15-17H,4-11H2,1-3H3,(H2,22,27)/t15-/m0/s1. The van der Waals surface area contributed by atoms with Crippen LogP contribution in [0.5, 0.6) is 5.88 Å². The predicted molar refractivity (Wildman–Crippen MR) is 108 cm³/mol. The van der Waals surface area contributed by atoms with Crippen molar-refractivity contribution in [2.75, 3.05) is 13.1 Å². The molecule has 0 radical (unpaired) electrons. The number of ether oxygens (including phenoxy) is 1. The Bertz CT molecular complexity index is 863. The van der Waals surface area contributed by atoms with E-state index in [0.29, 0.717) is 11.9 Å². The second-order valence-corrected chi connectivity index (χ2v) is 8.33. The number of hydrogen-bond donors (Lipinski definition) is 1. The number of rotatable bonds is 5. The smallest absolute Gasteiger partial charge is 0.234 e. The molecule has 0 spiro atoms. The summed E-state index contributed by atoms with van der Waals surface area (Å²) in [6, 6.07) is 0.314. The van der Waals surface area contributed by atoms with Crippen LogP contribution in [0.15, 0.2) is 6.33 Å². The lowest BCUT2D eigenvalue weighted by Gasteiger charge is -2.34. The lowest BCUT2D eigenvalue weighted by atomic mass is 10.1.